The molecule has 0 saturated carbocycles. The van der Waals surface area contributed by atoms with E-state index in [-0.39, 0.29) is 6.04 Å². The molecular formula is C13H18BrNO2. The quantitative estimate of drug-likeness (QED) is 0.878. The Morgan fingerprint density at radius 3 is 2.76 bits per heavy atom. The first kappa shape index (κ1) is 14.1. The van der Waals surface area contributed by atoms with Gasteiger partial charge in [-0.15, -0.1) is 0 Å². The van der Waals surface area contributed by atoms with Crippen LogP contribution in [0, 0.1) is 0 Å². The fourth-order valence-corrected chi connectivity index (χ4v) is 1.60. The molecular weight excluding hydrogens is 282 g/mol. The molecule has 0 aliphatic rings. The summed E-state index contributed by atoms with van der Waals surface area (Å²) >= 11 is 3.27. The van der Waals surface area contributed by atoms with E-state index < -0.39 is 0 Å². The van der Waals surface area contributed by atoms with Crippen LogP contribution in [-0.4, -0.2) is 19.8 Å². The van der Waals surface area contributed by atoms with Crippen molar-refractivity contribution in [3.63, 3.8) is 0 Å². The maximum absolute atomic E-state index is 5.82. The van der Waals surface area contributed by atoms with Gasteiger partial charge < -0.3 is 15.2 Å². The number of methoxy groups -OCH3 is 1. The summed E-state index contributed by atoms with van der Waals surface area (Å²) < 4.78 is 11.6. The van der Waals surface area contributed by atoms with Gasteiger partial charge in [-0.2, -0.15) is 0 Å². The van der Waals surface area contributed by atoms with E-state index in [0.717, 1.165) is 28.0 Å². The summed E-state index contributed by atoms with van der Waals surface area (Å²) in [4.78, 5) is 0. The predicted octanol–water partition coefficient (Wildman–Crippen LogP) is 2.87. The zero-order chi connectivity index (χ0) is 12.8. The second-order valence-corrected chi connectivity index (χ2v) is 5.08. The number of nitrogens with two attached hydrogens (primary N) is 1. The number of hydrogen-bond donors (Lipinski definition) is 1. The van der Waals surface area contributed by atoms with E-state index in [2.05, 4.69) is 22.5 Å². The van der Waals surface area contributed by atoms with Crippen molar-refractivity contribution in [3.8, 4) is 11.5 Å². The molecule has 94 valence electrons. The molecule has 0 amide bonds. The molecule has 0 radical (unpaired) electrons. The van der Waals surface area contributed by atoms with Crippen LogP contribution in [0.2, 0.25) is 0 Å². The third-order valence-corrected chi connectivity index (χ3v) is 2.42. The first-order chi connectivity index (χ1) is 8.02. The molecule has 17 heavy (non-hydrogen) atoms. The minimum atomic E-state index is 0.0802. The third kappa shape index (κ3) is 4.79. The van der Waals surface area contributed by atoms with Crippen molar-refractivity contribution in [2.45, 2.75) is 19.4 Å². The zero-order valence-corrected chi connectivity index (χ0v) is 11.8. The molecule has 0 bridgehead atoms. The van der Waals surface area contributed by atoms with Crippen LogP contribution in [-0.2, 0) is 6.42 Å². The van der Waals surface area contributed by atoms with Crippen LogP contribution in [0.4, 0.5) is 0 Å². The second kappa shape index (κ2) is 6.67. The molecule has 1 aromatic carbocycles. The van der Waals surface area contributed by atoms with Gasteiger partial charge in [-0.05, 0) is 37.1 Å². The van der Waals surface area contributed by atoms with Crippen molar-refractivity contribution in [1.29, 1.82) is 0 Å². The average Bonchev–Trinajstić information content (AvgIpc) is 2.26. The maximum Gasteiger partial charge on any atom is 0.123 e. The van der Waals surface area contributed by atoms with Crippen LogP contribution in [0.3, 0.4) is 0 Å². The average molecular weight is 300 g/mol. The number of ether oxygens (including phenoxy) is 2. The summed E-state index contributed by atoms with van der Waals surface area (Å²) in [6, 6.07) is 5.80. The standard InChI is InChI=1S/C13H18BrNO2/c1-9(14)8-17-13-5-4-12(16-3)7-11(13)6-10(2)15/h4-5,7,10H,1,6,8,15H2,2-3H3. The SMILES string of the molecule is C=C(Br)COc1ccc(OC)cc1CC(C)N. The molecule has 0 aliphatic heterocycles. The summed E-state index contributed by atoms with van der Waals surface area (Å²) in [7, 11) is 1.64. The fourth-order valence-electron chi connectivity index (χ4n) is 1.49. The van der Waals surface area contributed by atoms with Crippen molar-refractivity contribution in [1.82, 2.24) is 0 Å². The number of halogens is 1. The van der Waals surface area contributed by atoms with Crippen molar-refractivity contribution < 1.29 is 9.47 Å². The van der Waals surface area contributed by atoms with Gasteiger partial charge in [0.05, 0.1) is 7.11 Å². The first-order valence-electron chi connectivity index (χ1n) is 5.41. The van der Waals surface area contributed by atoms with Gasteiger partial charge in [-0.1, -0.05) is 22.5 Å². The highest BCUT2D eigenvalue weighted by Gasteiger charge is 2.08. The Bertz CT molecular complexity index is 391. The van der Waals surface area contributed by atoms with E-state index in [1.54, 1.807) is 7.11 Å². The Balaban J connectivity index is 2.89. The van der Waals surface area contributed by atoms with Gasteiger partial charge in [0.1, 0.15) is 18.1 Å². The molecule has 0 saturated heterocycles. The molecule has 0 aromatic heterocycles. The molecule has 1 rings (SSSR count). The lowest BCUT2D eigenvalue weighted by Crippen LogP contribution is -2.18. The fraction of sp³-hybridized carbons (Fsp3) is 0.385. The van der Waals surface area contributed by atoms with Crippen molar-refractivity contribution in [3.05, 3.63) is 34.8 Å². The van der Waals surface area contributed by atoms with E-state index in [1.807, 2.05) is 25.1 Å². The lowest BCUT2D eigenvalue weighted by atomic mass is 10.1. The Hall–Kier alpha value is -1.00. The molecule has 1 aromatic rings. The molecule has 2 N–H and O–H groups in total. The summed E-state index contributed by atoms with van der Waals surface area (Å²) in [6.45, 7) is 6.14. The summed E-state index contributed by atoms with van der Waals surface area (Å²) in [5.74, 6) is 1.63. The first-order valence-corrected chi connectivity index (χ1v) is 6.20. The minimum absolute atomic E-state index is 0.0802. The predicted molar refractivity (Wildman–Crippen MR) is 73.9 cm³/mol. The van der Waals surface area contributed by atoms with Crippen LogP contribution < -0.4 is 15.2 Å². The molecule has 1 atom stereocenters. The van der Waals surface area contributed by atoms with Crippen LogP contribution in [0.25, 0.3) is 0 Å². The Kier molecular flexibility index (Phi) is 5.51. The topological polar surface area (TPSA) is 44.5 Å². The Labute approximate surface area is 111 Å². The second-order valence-electron chi connectivity index (χ2n) is 3.96. The third-order valence-electron chi connectivity index (χ3n) is 2.19. The zero-order valence-electron chi connectivity index (χ0n) is 10.2. The smallest absolute Gasteiger partial charge is 0.123 e. The molecule has 4 heteroatoms. The summed E-state index contributed by atoms with van der Waals surface area (Å²) in [5, 5.41) is 0. The Morgan fingerprint density at radius 1 is 1.53 bits per heavy atom. The Morgan fingerprint density at radius 2 is 2.24 bits per heavy atom. The number of rotatable bonds is 6. The van der Waals surface area contributed by atoms with E-state index >= 15 is 0 Å². The van der Waals surface area contributed by atoms with Crippen LogP contribution in [0.5, 0.6) is 11.5 Å². The summed E-state index contributed by atoms with van der Waals surface area (Å²) in [5.41, 5.74) is 6.87. The minimum Gasteiger partial charge on any atom is -0.497 e. The highest BCUT2D eigenvalue weighted by atomic mass is 79.9. The van der Waals surface area contributed by atoms with E-state index in [9.17, 15) is 0 Å². The van der Waals surface area contributed by atoms with Gasteiger partial charge >= 0.3 is 0 Å². The van der Waals surface area contributed by atoms with Gasteiger partial charge in [-0.3, -0.25) is 0 Å². The number of hydrogen-bond acceptors (Lipinski definition) is 3. The molecule has 3 nitrogen and oxygen atoms in total. The molecule has 0 aliphatic carbocycles. The van der Waals surface area contributed by atoms with Crippen LogP contribution in [0.1, 0.15) is 12.5 Å². The van der Waals surface area contributed by atoms with Gasteiger partial charge in [-0.25, -0.2) is 0 Å². The highest BCUT2D eigenvalue weighted by Crippen LogP contribution is 2.25. The maximum atomic E-state index is 5.82. The van der Waals surface area contributed by atoms with Crippen LogP contribution in [0.15, 0.2) is 29.3 Å². The van der Waals surface area contributed by atoms with Crippen molar-refractivity contribution in [2.24, 2.45) is 5.73 Å². The lowest BCUT2D eigenvalue weighted by Gasteiger charge is -2.14. The normalized spacial score (nSPS) is 12.0. The number of benzene rings is 1. The van der Waals surface area contributed by atoms with Gasteiger partial charge in [0.25, 0.3) is 0 Å². The molecule has 1 unspecified atom stereocenters. The summed E-state index contributed by atoms with van der Waals surface area (Å²) in [6.07, 6.45) is 0.751. The lowest BCUT2D eigenvalue weighted by molar-refractivity contribution is 0.353. The van der Waals surface area contributed by atoms with E-state index in [4.69, 9.17) is 15.2 Å². The monoisotopic (exact) mass is 299 g/mol. The largest absolute Gasteiger partial charge is 0.497 e. The van der Waals surface area contributed by atoms with E-state index in [0.29, 0.717) is 6.61 Å². The van der Waals surface area contributed by atoms with Gasteiger partial charge in [0, 0.05) is 10.5 Å². The molecule has 0 fully saturated rings. The van der Waals surface area contributed by atoms with E-state index in [1.165, 1.54) is 0 Å². The highest BCUT2D eigenvalue weighted by molar-refractivity contribution is 9.11. The molecule has 0 heterocycles. The molecule has 0 spiro atoms. The van der Waals surface area contributed by atoms with Crippen molar-refractivity contribution >= 4 is 15.9 Å². The van der Waals surface area contributed by atoms with Crippen molar-refractivity contribution in [2.75, 3.05) is 13.7 Å². The van der Waals surface area contributed by atoms with Crippen LogP contribution >= 0.6 is 15.9 Å². The van der Waals surface area contributed by atoms with Gasteiger partial charge in [0.15, 0.2) is 0 Å². The van der Waals surface area contributed by atoms with Gasteiger partial charge in [0.2, 0.25) is 0 Å².